The lowest BCUT2D eigenvalue weighted by Gasteiger charge is -2.46. The van der Waals surface area contributed by atoms with Crippen molar-refractivity contribution in [3.8, 4) is 0 Å². The molecule has 2 aliphatic rings. The lowest BCUT2D eigenvalue weighted by Crippen LogP contribution is -2.57. The number of hydrogen-bond acceptors (Lipinski definition) is 4. The fraction of sp³-hybridized carbons (Fsp3) is 0.714. The van der Waals surface area contributed by atoms with Crippen molar-refractivity contribution in [3.63, 3.8) is 0 Å². The van der Waals surface area contributed by atoms with Crippen LogP contribution in [0, 0.1) is 0 Å². The minimum atomic E-state index is 0.182. The first kappa shape index (κ1) is 12.6. The van der Waals surface area contributed by atoms with Gasteiger partial charge in [0.25, 0.3) is 0 Å². The molecule has 0 unspecified atom stereocenters. The molecule has 0 atom stereocenters. The number of thiophene rings is 1. The van der Waals surface area contributed by atoms with E-state index in [2.05, 4.69) is 21.7 Å². The summed E-state index contributed by atoms with van der Waals surface area (Å²) < 4.78 is 5.53. The molecule has 2 heterocycles. The van der Waals surface area contributed by atoms with Gasteiger partial charge in [0.05, 0.1) is 0 Å². The Kier molecular flexibility index (Phi) is 3.71. The van der Waals surface area contributed by atoms with Gasteiger partial charge in [0.15, 0.2) is 0 Å². The predicted octanol–water partition coefficient (Wildman–Crippen LogP) is 2.22. The van der Waals surface area contributed by atoms with Crippen molar-refractivity contribution in [2.45, 2.75) is 43.8 Å². The van der Waals surface area contributed by atoms with Crippen LogP contribution in [0.5, 0.6) is 0 Å². The van der Waals surface area contributed by atoms with Gasteiger partial charge in [0.2, 0.25) is 0 Å². The summed E-state index contributed by atoms with van der Waals surface area (Å²) in [7, 11) is 0. The third-order valence-corrected chi connectivity index (χ3v) is 5.07. The van der Waals surface area contributed by atoms with E-state index in [1.165, 1.54) is 18.4 Å². The highest BCUT2D eigenvalue weighted by Gasteiger charge is 2.44. The van der Waals surface area contributed by atoms with Gasteiger partial charge in [-0.3, -0.25) is 4.90 Å². The summed E-state index contributed by atoms with van der Waals surface area (Å²) in [5.74, 6) is 0. The Balaban J connectivity index is 1.78. The molecule has 0 amide bonds. The molecule has 0 radical (unpaired) electrons. The molecular formula is C14H22N2OS. The van der Waals surface area contributed by atoms with Gasteiger partial charge >= 0.3 is 0 Å². The van der Waals surface area contributed by atoms with Crippen molar-refractivity contribution < 1.29 is 4.74 Å². The fourth-order valence-corrected chi connectivity index (χ4v) is 3.67. The monoisotopic (exact) mass is 266 g/mol. The molecule has 0 bridgehead atoms. The number of nitrogens with two attached hydrogens (primary N) is 1. The predicted molar refractivity (Wildman–Crippen MR) is 74.7 cm³/mol. The van der Waals surface area contributed by atoms with Crippen molar-refractivity contribution in [1.29, 1.82) is 0 Å². The first-order valence-corrected chi connectivity index (χ1v) is 7.84. The third kappa shape index (κ3) is 2.48. The molecule has 1 aliphatic carbocycles. The number of ether oxygens (including phenoxy) is 1. The van der Waals surface area contributed by atoms with Crippen LogP contribution in [0.4, 0.5) is 0 Å². The van der Waals surface area contributed by atoms with Crippen LogP contribution in [0.25, 0.3) is 0 Å². The van der Waals surface area contributed by atoms with Gasteiger partial charge < -0.3 is 10.5 Å². The van der Waals surface area contributed by atoms with Crippen molar-refractivity contribution in [3.05, 3.63) is 22.4 Å². The third-order valence-electron chi connectivity index (χ3n) is 4.33. The number of rotatable bonds is 5. The van der Waals surface area contributed by atoms with E-state index < -0.39 is 0 Å². The average molecular weight is 266 g/mol. The molecule has 18 heavy (non-hydrogen) atoms. The van der Waals surface area contributed by atoms with E-state index in [4.69, 9.17) is 10.5 Å². The highest BCUT2D eigenvalue weighted by molar-refractivity contribution is 7.07. The maximum atomic E-state index is 6.14. The second-order valence-electron chi connectivity index (χ2n) is 5.53. The van der Waals surface area contributed by atoms with E-state index >= 15 is 0 Å². The largest absolute Gasteiger partial charge is 0.381 e. The average Bonchev–Trinajstić information content (AvgIpc) is 3.13. The molecule has 1 aromatic heterocycles. The Hall–Kier alpha value is -0.420. The second-order valence-corrected chi connectivity index (χ2v) is 6.31. The first-order valence-electron chi connectivity index (χ1n) is 6.90. The first-order chi connectivity index (χ1) is 8.84. The summed E-state index contributed by atoms with van der Waals surface area (Å²) in [5, 5.41) is 4.43. The molecule has 2 fully saturated rings. The molecule has 0 spiro atoms. The van der Waals surface area contributed by atoms with Gasteiger partial charge in [0, 0.05) is 37.9 Å². The van der Waals surface area contributed by atoms with Crippen LogP contribution in [0.15, 0.2) is 16.8 Å². The minimum absolute atomic E-state index is 0.182. The van der Waals surface area contributed by atoms with Crippen molar-refractivity contribution in [2.75, 3.05) is 19.8 Å². The van der Waals surface area contributed by atoms with E-state index in [1.54, 1.807) is 11.3 Å². The summed E-state index contributed by atoms with van der Waals surface area (Å²) in [4.78, 5) is 2.68. The van der Waals surface area contributed by atoms with Crippen molar-refractivity contribution >= 4 is 11.3 Å². The maximum Gasteiger partial charge on any atom is 0.0484 e. The zero-order valence-corrected chi connectivity index (χ0v) is 11.6. The van der Waals surface area contributed by atoms with Gasteiger partial charge in [-0.2, -0.15) is 11.3 Å². The van der Waals surface area contributed by atoms with Crippen LogP contribution in [0.2, 0.25) is 0 Å². The topological polar surface area (TPSA) is 38.5 Å². The van der Waals surface area contributed by atoms with Crippen LogP contribution in [0.3, 0.4) is 0 Å². The normalized spacial score (nSPS) is 23.4. The van der Waals surface area contributed by atoms with Gasteiger partial charge in [-0.1, -0.05) is 0 Å². The van der Waals surface area contributed by atoms with Gasteiger partial charge in [-0.05, 0) is 48.1 Å². The second kappa shape index (κ2) is 5.29. The van der Waals surface area contributed by atoms with Crippen LogP contribution in [-0.2, 0) is 11.3 Å². The minimum Gasteiger partial charge on any atom is -0.381 e. The quantitative estimate of drug-likeness (QED) is 0.888. The highest BCUT2D eigenvalue weighted by Crippen LogP contribution is 2.38. The Morgan fingerprint density at radius 3 is 2.72 bits per heavy atom. The van der Waals surface area contributed by atoms with Crippen LogP contribution in [-0.4, -0.2) is 36.2 Å². The Labute approximate surface area is 113 Å². The van der Waals surface area contributed by atoms with E-state index in [-0.39, 0.29) is 5.54 Å². The molecule has 3 rings (SSSR count). The van der Waals surface area contributed by atoms with E-state index in [9.17, 15) is 0 Å². The zero-order valence-electron chi connectivity index (χ0n) is 10.8. The van der Waals surface area contributed by atoms with Crippen LogP contribution < -0.4 is 5.73 Å². The Morgan fingerprint density at radius 1 is 1.39 bits per heavy atom. The molecule has 100 valence electrons. The summed E-state index contributed by atoms with van der Waals surface area (Å²) in [6, 6.07) is 3.00. The SMILES string of the molecule is NCC1(N(Cc2ccsc2)C2CC2)CCOCC1. The van der Waals surface area contributed by atoms with E-state index in [0.717, 1.165) is 45.2 Å². The van der Waals surface area contributed by atoms with Gasteiger partial charge in [0.1, 0.15) is 0 Å². The number of hydrogen-bond donors (Lipinski definition) is 1. The summed E-state index contributed by atoms with van der Waals surface area (Å²) >= 11 is 1.78. The molecule has 1 saturated carbocycles. The summed E-state index contributed by atoms with van der Waals surface area (Å²) in [6.45, 7) is 3.55. The molecule has 2 N–H and O–H groups in total. The maximum absolute atomic E-state index is 6.14. The van der Waals surface area contributed by atoms with E-state index in [0.29, 0.717) is 0 Å². The lowest BCUT2D eigenvalue weighted by molar-refractivity contribution is -0.0325. The molecule has 1 aromatic rings. The fourth-order valence-electron chi connectivity index (χ4n) is 3.01. The number of nitrogens with zero attached hydrogens (tertiary/aromatic N) is 1. The van der Waals surface area contributed by atoms with Crippen molar-refractivity contribution in [2.24, 2.45) is 5.73 Å². The molecule has 4 heteroatoms. The van der Waals surface area contributed by atoms with E-state index in [1.807, 2.05) is 0 Å². The standard InChI is InChI=1S/C14H22N2OS/c15-11-14(4-6-17-7-5-14)16(13-1-2-13)9-12-3-8-18-10-12/h3,8,10,13H,1-2,4-7,9,11,15H2. The molecular weight excluding hydrogens is 244 g/mol. The molecule has 1 saturated heterocycles. The summed E-state index contributed by atoms with van der Waals surface area (Å²) in [6.07, 6.45) is 4.85. The van der Waals surface area contributed by atoms with Crippen LogP contribution in [0.1, 0.15) is 31.2 Å². The van der Waals surface area contributed by atoms with Gasteiger partial charge in [-0.15, -0.1) is 0 Å². The molecule has 1 aliphatic heterocycles. The van der Waals surface area contributed by atoms with Crippen molar-refractivity contribution in [1.82, 2.24) is 4.90 Å². The smallest absolute Gasteiger partial charge is 0.0484 e. The molecule has 0 aromatic carbocycles. The van der Waals surface area contributed by atoms with Gasteiger partial charge in [-0.25, -0.2) is 0 Å². The highest BCUT2D eigenvalue weighted by atomic mass is 32.1. The van der Waals surface area contributed by atoms with Crippen LogP contribution >= 0.6 is 11.3 Å². The molecule has 3 nitrogen and oxygen atoms in total. The Morgan fingerprint density at radius 2 is 2.17 bits per heavy atom. The lowest BCUT2D eigenvalue weighted by atomic mass is 9.87. The summed E-state index contributed by atoms with van der Waals surface area (Å²) in [5.41, 5.74) is 7.76. The zero-order chi connectivity index (χ0) is 12.4. The Bertz CT molecular complexity index is 369.